The summed E-state index contributed by atoms with van der Waals surface area (Å²) >= 11 is 0. The molecule has 0 amide bonds. The van der Waals surface area contributed by atoms with E-state index < -0.39 is 70.0 Å². The molecule has 4 aliphatic rings. The molecule has 1 aliphatic heterocycles. The number of Topliss-reactive ketones (excluding diaryl/α,β-unsaturated/α-hetero) is 1. The van der Waals surface area contributed by atoms with Gasteiger partial charge in [0.2, 0.25) is 0 Å². The van der Waals surface area contributed by atoms with Crippen molar-refractivity contribution in [3.8, 4) is 0 Å². The van der Waals surface area contributed by atoms with Crippen molar-refractivity contribution >= 4 is 11.8 Å². The van der Waals surface area contributed by atoms with Crippen molar-refractivity contribution in [3.05, 3.63) is 47.0 Å². The molecular weight excluding hydrogens is 464 g/mol. The van der Waals surface area contributed by atoms with Gasteiger partial charge in [-0.1, -0.05) is 39.0 Å². The Hall–Kier alpha value is -2.10. The summed E-state index contributed by atoms with van der Waals surface area (Å²) < 4.78 is 12.0. The van der Waals surface area contributed by atoms with Crippen LogP contribution in [0.3, 0.4) is 0 Å². The van der Waals surface area contributed by atoms with Gasteiger partial charge in [-0.25, -0.2) is 4.79 Å². The van der Waals surface area contributed by atoms with E-state index in [0.29, 0.717) is 5.57 Å². The van der Waals surface area contributed by atoms with E-state index in [1.54, 1.807) is 58.0 Å². The number of ketones is 1. The highest BCUT2D eigenvalue weighted by Gasteiger charge is 2.74. The molecule has 8 nitrogen and oxygen atoms in total. The van der Waals surface area contributed by atoms with Crippen LogP contribution in [0.2, 0.25) is 0 Å². The number of hydrogen-bond donors (Lipinski definition) is 4. The lowest BCUT2D eigenvalue weighted by atomic mass is 9.42. The average Bonchev–Trinajstić information content (AvgIpc) is 2.83. The third kappa shape index (κ3) is 3.05. The maximum absolute atomic E-state index is 14.1. The smallest absolute Gasteiger partial charge is 0.338 e. The van der Waals surface area contributed by atoms with Gasteiger partial charge in [0, 0.05) is 29.6 Å². The minimum atomic E-state index is -1.86. The normalized spacial score (nSPS) is 45.5. The summed E-state index contributed by atoms with van der Waals surface area (Å²) in [6.45, 7) is 8.80. The lowest BCUT2D eigenvalue weighted by molar-refractivity contribution is -0.313. The first kappa shape index (κ1) is 25.5. The van der Waals surface area contributed by atoms with Crippen LogP contribution in [0.15, 0.2) is 41.5 Å². The van der Waals surface area contributed by atoms with E-state index >= 15 is 0 Å². The van der Waals surface area contributed by atoms with Crippen LogP contribution in [0.25, 0.3) is 0 Å². The molecule has 1 heterocycles. The van der Waals surface area contributed by atoms with Crippen LogP contribution in [-0.2, 0) is 14.3 Å². The highest BCUT2D eigenvalue weighted by atomic mass is 16.6. The molecule has 1 aromatic rings. The molecule has 0 spiro atoms. The highest BCUT2D eigenvalue weighted by Crippen LogP contribution is 2.65. The van der Waals surface area contributed by atoms with Gasteiger partial charge < -0.3 is 29.9 Å². The van der Waals surface area contributed by atoms with Crippen molar-refractivity contribution in [3.63, 3.8) is 0 Å². The Morgan fingerprint density at radius 1 is 1.08 bits per heavy atom. The number of hydrogen-bond acceptors (Lipinski definition) is 8. The van der Waals surface area contributed by atoms with Crippen molar-refractivity contribution in [1.82, 2.24) is 0 Å². The standard InChI is InChI=1S/C28H36O8/c1-14-16(29)12-28(34)23(36-24(33)15-9-7-6-8-10-15)21-26(4)13-35-18(26)11-17(30)27(21,5)22(32)20(31)19(14)25(28,2)3/h6-10,16-18,20-21,23,29-31,34H,11-13H2,1-5H3/t16-,17-,18+,20+,21?,23-,26+,27+,28+/m0/s1. The molecule has 36 heavy (non-hydrogen) atoms. The predicted octanol–water partition coefficient (Wildman–Crippen LogP) is 1.79. The molecule has 9 atom stereocenters. The molecule has 2 bridgehead atoms. The van der Waals surface area contributed by atoms with Crippen LogP contribution in [0.5, 0.6) is 0 Å². The SMILES string of the molecule is CC1=C2[C@@H](O)C(=O)[C@@]3(C)C([C@H](OC(=O)c4ccccc4)[C@](O)(C[C@@H]1O)C2(C)C)[C@]1(C)CO[C@@H]1C[C@@H]3O. The second-order valence-electron chi connectivity index (χ2n) is 12.1. The zero-order chi connectivity index (χ0) is 26.4. The van der Waals surface area contributed by atoms with Gasteiger partial charge in [0.15, 0.2) is 5.78 Å². The number of benzene rings is 1. The van der Waals surface area contributed by atoms with Gasteiger partial charge in [0.05, 0.1) is 35.9 Å². The number of aliphatic hydroxyl groups excluding tert-OH is 3. The van der Waals surface area contributed by atoms with Crippen LogP contribution in [0.1, 0.15) is 57.8 Å². The molecule has 2 saturated carbocycles. The molecule has 5 rings (SSSR count). The van der Waals surface area contributed by atoms with Crippen LogP contribution in [0.4, 0.5) is 0 Å². The van der Waals surface area contributed by atoms with Crippen LogP contribution in [0, 0.1) is 22.2 Å². The summed E-state index contributed by atoms with van der Waals surface area (Å²) in [6, 6.07) is 8.38. The maximum Gasteiger partial charge on any atom is 0.338 e. The van der Waals surface area contributed by atoms with E-state index in [1.165, 1.54) is 0 Å². The molecule has 0 aromatic heterocycles. The van der Waals surface area contributed by atoms with Crippen molar-refractivity contribution in [2.24, 2.45) is 22.2 Å². The van der Waals surface area contributed by atoms with Crippen LogP contribution >= 0.6 is 0 Å². The Bertz CT molecular complexity index is 1130. The number of rotatable bonds is 2. The predicted molar refractivity (Wildman–Crippen MR) is 129 cm³/mol. The monoisotopic (exact) mass is 500 g/mol. The van der Waals surface area contributed by atoms with Gasteiger partial charge in [-0.05, 0) is 37.1 Å². The summed E-state index contributed by atoms with van der Waals surface area (Å²) in [7, 11) is 0. The number of aliphatic hydroxyl groups is 4. The van der Waals surface area contributed by atoms with E-state index in [2.05, 4.69) is 0 Å². The number of carbonyl (C=O) groups is 2. The van der Waals surface area contributed by atoms with Gasteiger partial charge in [-0.15, -0.1) is 0 Å². The first-order valence-electron chi connectivity index (χ1n) is 12.6. The summed E-state index contributed by atoms with van der Waals surface area (Å²) in [6.07, 6.45) is -5.67. The fourth-order valence-corrected chi connectivity index (χ4v) is 7.67. The van der Waals surface area contributed by atoms with Gasteiger partial charge in [0.25, 0.3) is 0 Å². The minimum Gasteiger partial charge on any atom is -0.455 e. The lowest BCUT2D eigenvalue weighted by Crippen LogP contribution is -2.77. The molecule has 0 radical (unpaired) electrons. The second-order valence-corrected chi connectivity index (χ2v) is 12.1. The topological polar surface area (TPSA) is 134 Å². The number of fused-ring (bicyclic) bond motifs is 5. The number of ether oxygens (including phenoxy) is 2. The zero-order valence-electron chi connectivity index (χ0n) is 21.4. The molecule has 1 aromatic carbocycles. The van der Waals surface area contributed by atoms with E-state index in [0.717, 1.165) is 0 Å². The Morgan fingerprint density at radius 3 is 2.31 bits per heavy atom. The summed E-state index contributed by atoms with van der Waals surface area (Å²) in [5.74, 6) is -2.17. The Kier molecular flexibility index (Phi) is 5.64. The average molecular weight is 501 g/mol. The minimum absolute atomic E-state index is 0.159. The van der Waals surface area contributed by atoms with E-state index in [1.807, 2.05) is 6.92 Å². The van der Waals surface area contributed by atoms with Crippen molar-refractivity contribution in [2.45, 2.75) is 83.6 Å². The van der Waals surface area contributed by atoms with Gasteiger partial charge >= 0.3 is 5.97 Å². The van der Waals surface area contributed by atoms with E-state index in [9.17, 15) is 30.0 Å². The summed E-state index contributed by atoms with van der Waals surface area (Å²) in [4.78, 5) is 27.6. The van der Waals surface area contributed by atoms with Crippen LogP contribution < -0.4 is 0 Å². The third-order valence-electron chi connectivity index (χ3n) is 10.1. The fourth-order valence-electron chi connectivity index (χ4n) is 7.67. The van der Waals surface area contributed by atoms with Gasteiger partial charge in [-0.3, -0.25) is 4.79 Å². The van der Waals surface area contributed by atoms with Crippen molar-refractivity contribution in [1.29, 1.82) is 0 Å². The quantitative estimate of drug-likeness (QED) is 0.357. The molecular formula is C28H36O8. The summed E-state index contributed by atoms with van der Waals surface area (Å²) in [5.41, 5.74) is -4.49. The molecule has 4 N–H and O–H groups in total. The first-order chi connectivity index (χ1) is 16.7. The molecule has 1 unspecified atom stereocenters. The lowest BCUT2D eigenvalue weighted by Gasteiger charge is -2.67. The Morgan fingerprint density at radius 2 is 1.72 bits per heavy atom. The Labute approximate surface area is 210 Å². The number of carbonyl (C=O) groups excluding carboxylic acids is 2. The van der Waals surface area contributed by atoms with E-state index in [4.69, 9.17) is 9.47 Å². The fraction of sp³-hybridized carbons (Fsp3) is 0.643. The largest absolute Gasteiger partial charge is 0.455 e. The summed E-state index contributed by atoms with van der Waals surface area (Å²) in [5, 5.41) is 46.4. The zero-order valence-corrected chi connectivity index (χ0v) is 21.4. The van der Waals surface area contributed by atoms with Crippen LogP contribution in [-0.4, -0.2) is 74.9 Å². The maximum atomic E-state index is 14.1. The molecule has 1 saturated heterocycles. The van der Waals surface area contributed by atoms with Gasteiger partial charge in [-0.2, -0.15) is 0 Å². The molecule has 3 fully saturated rings. The molecule has 3 aliphatic carbocycles. The first-order valence-corrected chi connectivity index (χ1v) is 12.6. The third-order valence-corrected chi connectivity index (χ3v) is 10.1. The molecule has 8 heteroatoms. The molecule has 196 valence electrons. The van der Waals surface area contributed by atoms with E-state index in [-0.39, 0.29) is 30.6 Å². The van der Waals surface area contributed by atoms with Crippen molar-refractivity contribution < 1.29 is 39.5 Å². The highest BCUT2D eigenvalue weighted by molar-refractivity contribution is 5.93. The van der Waals surface area contributed by atoms with Crippen molar-refractivity contribution in [2.75, 3.05) is 6.61 Å². The Balaban J connectivity index is 1.78. The number of esters is 1. The second kappa shape index (κ2) is 7.95. The van der Waals surface area contributed by atoms with Gasteiger partial charge in [0.1, 0.15) is 17.8 Å².